The summed E-state index contributed by atoms with van der Waals surface area (Å²) in [7, 11) is 0. The maximum atomic E-state index is 6.00. The van der Waals surface area contributed by atoms with Crippen molar-refractivity contribution in [1.82, 2.24) is 10.1 Å². The Balaban J connectivity index is 1.70. The quantitative estimate of drug-likeness (QED) is 0.471. The van der Waals surface area contributed by atoms with Gasteiger partial charge >= 0.3 is 0 Å². The monoisotopic (exact) mass is 429 g/mol. The first-order chi connectivity index (χ1) is 11.7. The smallest absolute Gasteiger partial charge is 0.186 e. The van der Waals surface area contributed by atoms with Gasteiger partial charge < -0.3 is 15.0 Å². The van der Waals surface area contributed by atoms with Crippen LogP contribution in [0.3, 0.4) is 0 Å². The third-order valence-corrected chi connectivity index (χ3v) is 4.36. The Hall–Kier alpha value is -2.61. The molecular weight excluding hydrogens is 417 g/mol. The van der Waals surface area contributed by atoms with Crippen LogP contribution in [0.15, 0.2) is 65.3 Å². The van der Waals surface area contributed by atoms with Crippen molar-refractivity contribution in [3.8, 4) is 22.8 Å². The van der Waals surface area contributed by atoms with E-state index in [2.05, 4.69) is 32.7 Å². The number of nitrogens with zero attached hydrogens (tertiary/aromatic N) is 2. The molecule has 2 aromatic heterocycles. The number of nitrogen functional groups attached to an aromatic ring is 1. The van der Waals surface area contributed by atoms with Crippen LogP contribution in [0.4, 0.5) is 5.82 Å². The molecule has 0 aliphatic heterocycles. The molecule has 0 atom stereocenters. The van der Waals surface area contributed by atoms with E-state index in [-0.39, 0.29) is 0 Å². The molecule has 118 valence electrons. The number of rotatable bonds is 3. The fourth-order valence-electron chi connectivity index (χ4n) is 2.44. The summed E-state index contributed by atoms with van der Waals surface area (Å²) in [6, 6.07) is 17.3. The van der Waals surface area contributed by atoms with E-state index in [9.17, 15) is 0 Å². The SMILES string of the molecule is Nc1ncc(I)c2onc(-c3ccc(Oc4ccccc4)cc3)c12. The maximum Gasteiger partial charge on any atom is 0.186 e. The molecule has 24 heavy (non-hydrogen) atoms. The van der Waals surface area contributed by atoms with Gasteiger partial charge in [0.05, 0.1) is 8.96 Å². The van der Waals surface area contributed by atoms with Gasteiger partial charge in [0.2, 0.25) is 0 Å². The van der Waals surface area contributed by atoms with E-state index in [1.807, 2.05) is 54.6 Å². The number of halogens is 1. The van der Waals surface area contributed by atoms with Crippen LogP contribution in [0.25, 0.3) is 22.2 Å². The Morgan fingerprint density at radius 2 is 1.67 bits per heavy atom. The van der Waals surface area contributed by atoms with Crippen molar-refractivity contribution >= 4 is 39.4 Å². The highest BCUT2D eigenvalue weighted by Crippen LogP contribution is 2.34. The third kappa shape index (κ3) is 2.69. The largest absolute Gasteiger partial charge is 0.457 e. The van der Waals surface area contributed by atoms with Crippen molar-refractivity contribution < 1.29 is 9.26 Å². The number of pyridine rings is 1. The number of anilines is 1. The van der Waals surface area contributed by atoms with Crippen molar-refractivity contribution in [2.24, 2.45) is 0 Å². The number of hydrogen-bond donors (Lipinski definition) is 1. The highest BCUT2D eigenvalue weighted by molar-refractivity contribution is 14.1. The molecule has 0 unspecified atom stereocenters. The molecule has 6 heteroatoms. The van der Waals surface area contributed by atoms with Gasteiger partial charge in [-0.2, -0.15) is 0 Å². The van der Waals surface area contributed by atoms with E-state index in [1.54, 1.807) is 6.20 Å². The standard InChI is InChI=1S/C18H12IN3O2/c19-14-10-21-18(20)15-16(22-24-17(14)15)11-6-8-13(9-7-11)23-12-4-2-1-3-5-12/h1-10H,(H2,20,21). The van der Waals surface area contributed by atoms with Crippen LogP contribution in [-0.4, -0.2) is 10.1 Å². The van der Waals surface area contributed by atoms with Crippen LogP contribution >= 0.6 is 22.6 Å². The molecule has 4 rings (SSSR count). The third-order valence-electron chi connectivity index (χ3n) is 3.59. The molecular formula is C18H12IN3O2. The van der Waals surface area contributed by atoms with Crippen molar-refractivity contribution in [3.05, 3.63) is 64.4 Å². The van der Waals surface area contributed by atoms with E-state index in [0.717, 1.165) is 26.0 Å². The second kappa shape index (κ2) is 6.12. The predicted octanol–water partition coefficient (Wildman–Crippen LogP) is 4.87. The number of aromatic nitrogens is 2. The van der Waals surface area contributed by atoms with Crippen molar-refractivity contribution in [3.63, 3.8) is 0 Å². The average molecular weight is 429 g/mol. The first kappa shape index (κ1) is 14.9. The molecule has 4 aromatic rings. The van der Waals surface area contributed by atoms with Crippen molar-refractivity contribution in [2.45, 2.75) is 0 Å². The maximum absolute atomic E-state index is 6.00. The van der Waals surface area contributed by atoms with E-state index in [0.29, 0.717) is 17.1 Å². The van der Waals surface area contributed by atoms with Gasteiger partial charge in [-0.1, -0.05) is 23.4 Å². The fraction of sp³-hybridized carbons (Fsp3) is 0. The second-order valence-corrected chi connectivity index (χ2v) is 6.33. The Kier molecular flexibility index (Phi) is 3.81. The summed E-state index contributed by atoms with van der Waals surface area (Å²) in [4.78, 5) is 4.18. The summed E-state index contributed by atoms with van der Waals surface area (Å²) in [5.74, 6) is 1.95. The van der Waals surface area contributed by atoms with Crippen LogP contribution < -0.4 is 10.5 Å². The lowest BCUT2D eigenvalue weighted by Crippen LogP contribution is -1.92. The normalized spacial score (nSPS) is 10.9. The Labute approximate surface area is 151 Å². The number of fused-ring (bicyclic) bond motifs is 1. The van der Waals surface area contributed by atoms with Crippen molar-refractivity contribution in [1.29, 1.82) is 0 Å². The number of hydrogen-bond acceptors (Lipinski definition) is 5. The zero-order chi connectivity index (χ0) is 16.5. The summed E-state index contributed by atoms with van der Waals surface area (Å²) in [5.41, 5.74) is 8.23. The van der Waals surface area contributed by atoms with Gasteiger partial charge in [-0.05, 0) is 59.0 Å². The van der Waals surface area contributed by atoms with Gasteiger partial charge in [-0.15, -0.1) is 0 Å². The molecule has 2 N–H and O–H groups in total. The summed E-state index contributed by atoms with van der Waals surface area (Å²) in [6.45, 7) is 0. The van der Waals surface area contributed by atoms with E-state index >= 15 is 0 Å². The minimum Gasteiger partial charge on any atom is -0.457 e. The van der Waals surface area contributed by atoms with E-state index in [4.69, 9.17) is 15.0 Å². The Bertz CT molecular complexity index is 998. The summed E-state index contributed by atoms with van der Waals surface area (Å²) >= 11 is 2.15. The zero-order valence-electron chi connectivity index (χ0n) is 12.4. The average Bonchev–Trinajstić information content (AvgIpc) is 3.06. The minimum atomic E-state index is 0.409. The number of para-hydroxylation sites is 1. The summed E-state index contributed by atoms with van der Waals surface area (Å²) < 4.78 is 12.1. The highest BCUT2D eigenvalue weighted by Gasteiger charge is 2.16. The zero-order valence-corrected chi connectivity index (χ0v) is 14.6. The molecule has 0 bridgehead atoms. The lowest BCUT2D eigenvalue weighted by Gasteiger charge is -2.06. The van der Waals surface area contributed by atoms with Crippen LogP contribution in [0.1, 0.15) is 0 Å². The molecule has 5 nitrogen and oxygen atoms in total. The fourth-order valence-corrected chi connectivity index (χ4v) is 2.95. The molecule has 0 fully saturated rings. The van der Waals surface area contributed by atoms with Gasteiger partial charge in [-0.25, -0.2) is 4.98 Å². The number of nitrogens with two attached hydrogens (primary N) is 1. The highest BCUT2D eigenvalue weighted by atomic mass is 127. The molecule has 0 aliphatic carbocycles. The Morgan fingerprint density at radius 3 is 2.42 bits per heavy atom. The van der Waals surface area contributed by atoms with Gasteiger partial charge in [0.15, 0.2) is 5.58 Å². The molecule has 2 heterocycles. The first-order valence-corrected chi connectivity index (χ1v) is 8.33. The van der Waals surface area contributed by atoms with Crippen LogP contribution in [0.2, 0.25) is 0 Å². The topological polar surface area (TPSA) is 74.2 Å². The lowest BCUT2D eigenvalue weighted by molar-refractivity contribution is 0.458. The van der Waals surface area contributed by atoms with Gasteiger partial charge in [0.25, 0.3) is 0 Å². The van der Waals surface area contributed by atoms with Crippen molar-refractivity contribution in [2.75, 3.05) is 5.73 Å². The second-order valence-electron chi connectivity index (χ2n) is 5.17. The van der Waals surface area contributed by atoms with Crippen LogP contribution in [-0.2, 0) is 0 Å². The molecule has 0 aliphatic rings. The first-order valence-electron chi connectivity index (χ1n) is 7.25. The van der Waals surface area contributed by atoms with Gasteiger partial charge in [0.1, 0.15) is 23.0 Å². The summed E-state index contributed by atoms with van der Waals surface area (Å²) in [6.07, 6.45) is 1.67. The Morgan fingerprint density at radius 1 is 0.958 bits per heavy atom. The van der Waals surface area contributed by atoms with Gasteiger partial charge in [0, 0.05) is 11.8 Å². The lowest BCUT2D eigenvalue weighted by atomic mass is 10.1. The summed E-state index contributed by atoms with van der Waals surface area (Å²) in [5, 5.41) is 4.90. The van der Waals surface area contributed by atoms with Gasteiger partial charge in [-0.3, -0.25) is 0 Å². The number of ether oxygens (including phenoxy) is 1. The number of benzene rings is 2. The van der Waals surface area contributed by atoms with E-state index < -0.39 is 0 Å². The predicted molar refractivity (Wildman–Crippen MR) is 101 cm³/mol. The molecule has 0 radical (unpaired) electrons. The molecule has 2 aromatic carbocycles. The van der Waals surface area contributed by atoms with Crippen LogP contribution in [0, 0.1) is 3.57 Å². The molecule has 0 amide bonds. The van der Waals surface area contributed by atoms with Crippen LogP contribution in [0.5, 0.6) is 11.5 Å². The minimum absolute atomic E-state index is 0.409. The molecule has 0 saturated carbocycles. The van der Waals surface area contributed by atoms with E-state index in [1.165, 1.54) is 0 Å². The molecule has 0 spiro atoms. The molecule has 0 saturated heterocycles.